The summed E-state index contributed by atoms with van der Waals surface area (Å²) < 4.78 is 37.2. The van der Waals surface area contributed by atoms with Crippen molar-refractivity contribution in [1.29, 1.82) is 0 Å². The molecule has 12 heteroatoms. The maximum atomic E-state index is 13.6. The number of thiazole rings is 1. The van der Waals surface area contributed by atoms with Gasteiger partial charge in [-0.3, -0.25) is 19.2 Å². The largest absolute Gasteiger partial charge is 0.420 e. The first-order chi connectivity index (χ1) is 16.8. The normalized spacial score (nSPS) is 15.1. The predicted octanol–water partition coefficient (Wildman–Crippen LogP) is 1.97. The maximum Gasteiger partial charge on any atom is 0.420 e. The average molecular weight is 517 g/mol. The van der Waals surface area contributed by atoms with Crippen molar-refractivity contribution in [2.75, 3.05) is 50.5 Å². The van der Waals surface area contributed by atoms with Crippen molar-refractivity contribution < 1.29 is 22.4 Å². The highest BCUT2D eigenvalue weighted by Crippen LogP contribution is 2.33. The SMILES string of the molecule is CS(=O)(=O)c1cccc2sc(N(CCN3CCOCC3)C(=O)Cn3c(=O)oc4ccccc43)nc12. The molecule has 2 aromatic heterocycles. The molecule has 10 nitrogen and oxygen atoms in total. The van der Waals surface area contributed by atoms with E-state index in [1.807, 2.05) is 0 Å². The molecule has 0 bridgehead atoms. The summed E-state index contributed by atoms with van der Waals surface area (Å²) in [7, 11) is -3.50. The highest BCUT2D eigenvalue weighted by Gasteiger charge is 2.25. The van der Waals surface area contributed by atoms with Gasteiger partial charge in [-0.1, -0.05) is 29.5 Å². The Morgan fingerprint density at radius 2 is 1.91 bits per heavy atom. The van der Waals surface area contributed by atoms with Crippen LogP contribution in [0.2, 0.25) is 0 Å². The van der Waals surface area contributed by atoms with Crippen molar-refractivity contribution >= 4 is 53.5 Å². The van der Waals surface area contributed by atoms with Crippen LogP contribution in [0.4, 0.5) is 5.13 Å². The number of fused-ring (bicyclic) bond motifs is 2. The van der Waals surface area contributed by atoms with Gasteiger partial charge in [-0.25, -0.2) is 18.2 Å². The summed E-state index contributed by atoms with van der Waals surface area (Å²) in [5.74, 6) is -0.955. The Morgan fingerprint density at radius 3 is 2.69 bits per heavy atom. The summed E-state index contributed by atoms with van der Waals surface area (Å²) in [5.41, 5.74) is 1.27. The second-order valence-corrected chi connectivity index (χ2v) is 11.3. The van der Waals surface area contributed by atoms with E-state index in [9.17, 15) is 18.0 Å². The number of anilines is 1. The van der Waals surface area contributed by atoms with Crippen LogP contribution in [-0.2, 0) is 25.9 Å². The fourth-order valence-electron chi connectivity index (χ4n) is 4.10. The Hall–Kier alpha value is -3.06. The molecule has 2 aromatic carbocycles. The number of carbonyl (C=O) groups excluding carboxylic acids is 1. The summed E-state index contributed by atoms with van der Waals surface area (Å²) in [6.07, 6.45) is 1.14. The number of sulfone groups is 1. The molecule has 0 aliphatic carbocycles. The molecule has 1 aliphatic heterocycles. The number of amides is 1. The number of rotatable bonds is 7. The monoisotopic (exact) mass is 516 g/mol. The number of hydrogen-bond acceptors (Lipinski definition) is 9. The lowest BCUT2D eigenvalue weighted by atomic mass is 10.3. The minimum atomic E-state index is -3.50. The Bertz CT molecular complexity index is 1550. The van der Waals surface area contributed by atoms with Crippen LogP contribution in [0, 0.1) is 0 Å². The number of hydrogen-bond donors (Lipinski definition) is 0. The minimum absolute atomic E-state index is 0.120. The van der Waals surface area contributed by atoms with Gasteiger partial charge >= 0.3 is 5.76 Å². The third kappa shape index (κ3) is 4.87. The van der Waals surface area contributed by atoms with E-state index < -0.39 is 15.6 Å². The van der Waals surface area contributed by atoms with E-state index in [-0.39, 0.29) is 17.3 Å². The zero-order chi connectivity index (χ0) is 24.6. The standard InChI is InChI=1S/C23H24N4O6S2/c1-35(30,31)19-8-4-7-18-21(19)24-22(34-18)26(10-9-25-11-13-32-14-12-25)20(28)15-27-16-5-2-3-6-17(16)33-23(27)29/h2-8H,9-15H2,1H3. The van der Waals surface area contributed by atoms with Crippen molar-refractivity contribution in [3.63, 3.8) is 0 Å². The Morgan fingerprint density at radius 1 is 1.14 bits per heavy atom. The molecule has 5 rings (SSSR count). The smallest absolute Gasteiger partial charge is 0.408 e. The molecule has 1 aliphatic rings. The van der Waals surface area contributed by atoms with Gasteiger partial charge in [0.25, 0.3) is 0 Å². The van der Waals surface area contributed by atoms with Crippen LogP contribution in [0.3, 0.4) is 0 Å². The van der Waals surface area contributed by atoms with Gasteiger partial charge in [0.1, 0.15) is 12.1 Å². The van der Waals surface area contributed by atoms with Crippen LogP contribution in [0.5, 0.6) is 0 Å². The van der Waals surface area contributed by atoms with E-state index in [0.717, 1.165) is 19.3 Å². The summed E-state index contributed by atoms with van der Waals surface area (Å²) >= 11 is 1.25. The summed E-state index contributed by atoms with van der Waals surface area (Å²) in [6, 6.07) is 11.9. The number of morpholine rings is 1. The number of aromatic nitrogens is 2. The van der Waals surface area contributed by atoms with Gasteiger partial charge < -0.3 is 9.15 Å². The highest BCUT2D eigenvalue weighted by molar-refractivity contribution is 7.91. The van der Waals surface area contributed by atoms with Gasteiger partial charge in [0.2, 0.25) is 5.91 Å². The van der Waals surface area contributed by atoms with Gasteiger partial charge in [-0.2, -0.15) is 0 Å². The summed E-state index contributed by atoms with van der Waals surface area (Å²) in [4.78, 5) is 34.4. The quantitative estimate of drug-likeness (QED) is 0.366. The molecule has 0 atom stereocenters. The third-order valence-electron chi connectivity index (χ3n) is 5.91. The first-order valence-electron chi connectivity index (χ1n) is 11.1. The molecular weight excluding hydrogens is 492 g/mol. The van der Waals surface area contributed by atoms with E-state index in [4.69, 9.17) is 9.15 Å². The van der Waals surface area contributed by atoms with E-state index in [1.165, 1.54) is 26.9 Å². The molecule has 184 valence electrons. The lowest BCUT2D eigenvalue weighted by Gasteiger charge is -2.29. The highest BCUT2D eigenvalue weighted by atomic mass is 32.2. The molecule has 1 saturated heterocycles. The van der Waals surface area contributed by atoms with E-state index >= 15 is 0 Å². The summed E-state index contributed by atoms with van der Waals surface area (Å²) in [6.45, 7) is 3.46. The van der Waals surface area contributed by atoms with Crippen LogP contribution in [0.15, 0.2) is 56.6 Å². The third-order valence-corrected chi connectivity index (χ3v) is 8.08. The molecule has 0 spiro atoms. The Balaban J connectivity index is 1.50. The minimum Gasteiger partial charge on any atom is -0.408 e. The van der Waals surface area contributed by atoms with Crippen LogP contribution in [0.1, 0.15) is 0 Å². The molecule has 4 aromatic rings. The molecule has 35 heavy (non-hydrogen) atoms. The molecule has 0 unspecified atom stereocenters. The second-order valence-electron chi connectivity index (χ2n) is 8.29. The molecule has 3 heterocycles. The van der Waals surface area contributed by atoms with Crippen molar-refractivity contribution in [2.24, 2.45) is 0 Å². The zero-order valence-electron chi connectivity index (χ0n) is 19.0. The second kappa shape index (κ2) is 9.53. The lowest BCUT2D eigenvalue weighted by molar-refractivity contribution is -0.119. The van der Waals surface area contributed by atoms with Crippen molar-refractivity contribution in [1.82, 2.24) is 14.5 Å². The Kier molecular flexibility index (Phi) is 6.45. The molecule has 1 amide bonds. The van der Waals surface area contributed by atoms with Crippen LogP contribution < -0.4 is 10.7 Å². The van der Waals surface area contributed by atoms with Crippen molar-refractivity contribution in [3.05, 3.63) is 53.0 Å². The van der Waals surface area contributed by atoms with Crippen LogP contribution in [-0.4, -0.2) is 74.4 Å². The first kappa shape index (κ1) is 23.7. The van der Waals surface area contributed by atoms with Gasteiger partial charge in [-0.15, -0.1) is 0 Å². The average Bonchev–Trinajstić information content (AvgIpc) is 3.40. The van der Waals surface area contributed by atoms with Gasteiger partial charge in [0, 0.05) is 32.4 Å². The Labute approximate surface area is 205 Å². The van der Waals surface area contributed by atoms with E-state index in [1.54, 1.807) is 36.4 Å². The first-order valence-corrected chi connectivity index (χ1v) is 13.8. The summed E-state index contributed by atoms with van der Waals surface area (Å²) in [5, 5.41) is 0.384. The number of benzene rings is 2. The lowest BCUT2D eigenvalue weighted by Crippen LogP contribution is -2.44. The number of carbonyl (C=O) groups is 1. The molecule has 0 saturated carbocycles. The van der Waals surface area contributed by atoms with Crippen LogP contribution >= 0.6 is 11.3 Å². The fraction of sp³-hybridized carbons (Fsp3) is 0.348. The zero-order valence-corrected chi connectivity index (χ0v) is 20.7. The van der Waals surface area contributed by atoms with Crippen molar-refractivity contribution in [3.8, 4) is 0 Å². The van der Waals surface area contributed by atoms with Crippen LogP contribution in [0.25, 0.3) is 21.3 Å². The molecule has 0 N–H and O–H groups in total. The molecule has 1 fully saturated rings. The number of oxazole rings is 1. The number of ether oxygens (including phenoxy) is 1. The van der Waals surface area contributed by atoms with Gasteiger partial charge in [0.15, 0.2) is 20.6 Å². The molecule has 0 radical (unpaired) electrons. The van der Waals surface area contributed by atoms with Gasteiger partial charge in [-0.05, 0) is 24.3 Å². The fourth-order valence-corrected chi connectivity index (χ4v) is 6.04. The number of nitrogens with zero attached hydrogens (tertiary/aromatic N) is 4. The van der Waals surface area contributed by atoms with E-state index in [0.29, 0.717) is 52.8 Å². The maximum absolute atomic E-state index is 13.6. The topological polar surface area (TPSA) is 115 Å². The molecular formula is C23H24N4O6S2. The van der Waals surface area contributed by atoms with Gasteiger partial charge in [0.05, 0.1) is 28.3 Å². The predicted molar refractivity (Wildman–Crippen MR) is 133 cm³/mol. The number of para-hydroxylation sites is 3. The van der Waals surface area contributed by atoms with E-state index in [2.05, 4.69) is 9.88 Å². The van der Waals surface area contributed by atoms with Crippen molar-refractivity contribution in [2.45, 2.75) is 11.4 Å².